The number of aromatic nitrogens is 2. The first-order chi connectivity index (χ1) is 10.0. The lowest BCUT2D eigenvalue weighted by molar-refractivity contribution is -0.115. The second-order valence-corrected chi connectivity index (χ2v) is 4.92. The van der Waals surface area contributed by atoms with Crippen LogP contribution in [-0.2, 0) is 4.79 Å². The Morgan fingerprint density at radius 3 is 2.62 bits per heavy atom. The van der Waals surface area contributed by atoms with Gasteiger partial charge in [0, 0.05) is 10.0 Å². The molecule has 0 fully saturated rings. The SMILES string of the molecule is N#CCC(=O)Nc1nc(-c2ccc(Br)cc2)[nH]c1C(=O)O. The summed E-state index contributed by atoms with van der Waals surface area (Å²) < 4.78 is 0.874. The predicted molar refractivity (Wildman–Crippen MR) is 77.5 cm³/mol. The molecule has 0 aliphatic heterocycles. The summed E-state index contributed by atoms with van der Waals surface area (Å²) in [7, 11) is 0. The molecule has 7 nitrogen and oxygen atoms in total. The molecule has 1 amide bonds. The molecule has 8 heteroatoms. The highest BCUT2D eigenvalue weighted by molar-refractivity contribution is 9.10. The van der Waals surface area contributed by atoms with Crippen LogP contribution in [0.25, 0.3) is 11.4 Å². The number of imidazole rings is 1. The van der Waals surface area contributed by atoms with Gasteiger partial charge in [-0.25, -0.2) is 9.78 Å². The molecule has 0 aliphatic rings. The number of benzene rings is 1. The zero-order valence-electron chi connectivity index (χ0n) is 10.6. The van der Waals surface area contributed by atoms with E-state index in [1.807, 2.05) is 0 Å². The van der Waals surface area contributed by atoms with E-state index in [-0.39, 0.29) is 17.9 Å². The molecule has 1 aromatic carbocycles. The number of nitrogens with one attached hydrogen (secondary N) is 2. The Balaban J connectivity index is 2.37. The normalized spacial score (nSPS) is 9.90. The maximum atomic E-state index is 11.4. The molecule has 0 bridgehead atoms. The van der Waals surface area contributed by atoms with E-state index in [9.17, 15) is 9.59 Å². The minimum absolute atomic E-state index is 0.110. The lowest BCUT2D eigenvalue weighted by Crippen LogP contribution is -2.13. The number of H-pyrrole nitrogens is 1. The lowest BCUT2D eigenvalue weighted by atomic mass is 10.2. The van der Waals surface area contributed by atoms with Crippen LogP contribution in [0.5, 0.6) is 0 Å². The van der Waals surface area contributed by atoms with Crippen LogP contribution in [-0.4, -0.2) is 27.0 Å². The Hall–Kier alpha value is -2.66. The lowest BCUT2D eigenvalue weighted by Gasteiger charge is -1.98. The minimum atomic E-state index is -1.25. The molecule has 0 unspecified atom stereocenters. The monoisotopic (exact) mass is 348 g/mol. The number of hydrogen-bond acceptors (Lipinski definition) is 4. The first-order valence-electron chi connectivity index (χ1n) is 5.77. The zero-order chi connectivity index (χ0) is 15.4. The summed E-state index contributed by atoms with van der Waals surface area (Å²) >= 11 is 3.30. The van der Waals surface area contributed by atoms with Crippen LogP contribution < -0.4 is 5.32 Å². The molecule has 0 atom stereocenters. The number of halogens is 1. The molecule has 0 spiro atoms. The van der Waals surface area contributed by atoms with Crippen molar-refractivity contribution in [2.24, 2.45) is 0 Å². The van der Waals surface area contributed by atoms with Crippen LogP contribution in [0, 0.1) is 11.3 Å². The summed E-state index contributed by atoms with van der Waals surface area (Å²) in [6.45, 7) is 0. The van der Waals surface area contributed by atoms with Gasteiger partial charge in [-0.05, 0) is 12.1 Å². The van der Waals surface area contributed by atoms with Gasteiger partial charge in [0.25, 0.3) is 0 Å². The van der Waals surface area contributed by atoms with Crippen molar-refractivity contribution in [3.05, 3.63) is 34.4 Å². The van der Waals surface area contributed by atoms with E-state index in [2.05, 4.69) is 31.2 Å². The molecule has 106 valence electrons. The second-order valence-electron chi connectivity index (χ2n) is 4.00. The van der Waals surface area contributed by atoms with E-state index in [1.54, 1.807) is 30.3 Å². The Labute approximate surface area is 127 Å². The maximum Gasteiger partial charge on any atom is 0.356 e. The first kappa shape index (κ1) is 14.7. The molecule has 3 N–H and O–H groups in total. The van der Waals surface area contributed by atoms with Crippen molar-refractivity contribution >= 4 is 33.6 Å². The van der Waals surface area contributed by atoms with Crippen molar-refractivity contribution in [3.63, 3.8) is 0 Å². The van der Waals surface area contributed by atoms with Gasteiger partial charge in [0.15, 0.2) is 11.5 Å². The standard InChI is InChI=1S/C13H9BrN4O3/c14-8-3-1-7(2-4-8)11-17-10(13(20)21)12(18-11)16-9(19)5-6-15/h1-4H,5H2,(H,16,19)(H,17,18)(H,20,21). The van der Waals surface area contributed by atoms with Gasteiger partial charge >= 0.3 is 5.97 Å². The van der Waals surface area contributed by atoms with Crippen LogP contribution in [0.15, 0.2) is 28.7 Å². The third-order valence-corrected chi connectivity index (χ3v) is 3.06. The van der Waals surface area contributed by atoms with Gasteiger partial charge in [0.1, 0.15) is 12.2 Å². The second kappa shape index (κ2) is 6.19. The van der Waals surface area contributed by atoms with Crippen LogP contribution in [0.3, 0.4) is 0 Å². The Kier molecular flexibility index (Phi) is 4.35. The van der Waals surface area contributed by atoms with Gasteiger partial charge in [0.2, 0.25) is 5.91 Å². The summed E-state index contributed by atoms with van der Waals surface area (Å²) in [6, 6.07) is 8.74. The van der Waals surface area contributed by atoms with Crippen molar-refractivity contribution < 1.29 is 14.7 Å². The number of rotatable bonds is 4. The van der Waals surface area contributed by atoms with Crippen LogP contribution in [0.4, 0.5) is 5.82 Å². The van der Waals surface area contributed by atoms with E-state index >= 15 is 0 Å². The van der Waals surface area contributed by atoms with Gasteiger partial charge in [0.05, 0.1) is 6.07 Å². The Morgan fingerprint density at radius 2 is 2.05 bits per heavy atom. The van der Waals surface area contributed by atoms with E-state index in [0.29, 0.717) is 11.4 Å². The molecule has 2 rings (SSSR count). The highest BCUT2D eigenvalue weighted by Gasteiger charge is 2.19. The topological polar surface area (TPSA) is 119 Å². The predicted octanol–water partition coefficient (Wildman–Crippen LogP) is 2.39. The molecule has 1 aromatic heterocycles. The third-order valence-electron chi connectivity index (χ3n) is 2.53. The molecule has 21 heavy (non-hydrogen) atoms. The van der Waals surface area contributed by atoms with E-state index in [1.165, 1.54) is 0 Å². The zero-order valence-corrected chi connectivity index (χ0v) is 12.1. The number of aromatic carboxylic acids is 1. The Morgan fingerprint density at radius 1 is 1.38 bits per heavy atom. The van der Waals surface area contributed by atoms with Crippen LogP contribution in [0.2, 0.25) is 0 Å². The number of amides is 1. The van der Waals surface area contributed by atoms with Crippen LogP contribution in [0.1, 0.15) is 16.9 Å². The number of carbonyl (C=O) groups excluding carboxylic acids is 1. The molecule has 0 radical (unpaired) electrons. The summed E-state index contributed by atoms with van der Waals surface area (Å²) in [5, 5.41) is 19.9. The molecule has 0 saturated heterocycles. The minimum Gasteiger partial charge on any atom is -0.476 e. The molecule has 0 aliphatic carbocycles. The number of nitrogens with zero attached hydrogens (tertiary/aromatic N) is 2. The summed E-state index contributed by atoms with van der Waals surface area (Å²) in [6.07, 6.45) is -0.375. The number of carbonyl (C=O) groups is 2. The largest absolute Gasteiger partial charge is 0.476 e. The molecular formula is C13H9BrN4O3. The number of aromatic amines is 1. The highest BCUT2D eigenvalue weighted by atomic mass is 79.9. The average molecular weight is 349 g/mol. The number of nitriles is 1. The quantitative estimate of drug-likeness (QED) is 0.783. The first-order valence-corrected chi connectivity index (χ1v) is 6.56. The summed E-state index contributed by atoms with van der Waals surface area (Å²) in [5.74, 6) is -1.67. The average Bonchev–Trinajstić information content (AvgIpc) is 2.83. The number of hydrogen-bond donors (Lipinski definition) is 3. The van der Waals surface area contributed by atoms with Crippen LogP contribution >= 0.6 is 15.9 Å². The van der Waals surface area contributed by atoms with Crippen molar-refractivity contribution in [1.82, 2.24) is 9.97 Å². The summed E-state index contributed by atoms with van der Waals surface area (Å²) in [4.78, 5) is 29.3. The third kappa shape index (κ3) is 3.46. The van der Waals surface area contributed by atoms with Gasteiger partial charge in [-0.2, -0.15) is 5.26 Å². The van der Waals surface area contributed by atoms with Crippen molar-refractivity contribution in [2.45, 2.75) is 6.42 Å². The van der Waals surface area contributed by atoms with Gasteiger partial charge < -0.3 is 15.4 Å². The molecule has 2 aromatic rings. The number of carboxylic acids is 1. The fraction of sp³-hybridized carbons (Fsp3) is 0.0769. The molecular weight excluding hydrogens is 340 g/mol. The molecule has 0 saturated carbocycles. The Bertz CT molecular complexity index is 731. The highest BCUT2D eigenvalue weighted by Crippen LogP contribution is 2.23. The van der Waals surface area contributed by atoms with Gasteiger partial charge in [-0.15, -0.1) is 0 Å². The number of carboxylic acid groups (broad SMARTS) is 1. The van der Waals surface area contributed by atoms with Crippen molar-refractivity contribution in [3.8, 4) is 17.5 Å². The molecule has 1 heterocycles. The van der Waals surface area contributed by atoms with E-state index < -0.39 is 11.9 Å². The van der Waals surface area contributed by atoms with Gasteiger partial charge in [-0.3, -0.25) is 4.79 Å². The number of anilines is 1. The van der Waals surface area contributed by atoms with E-state index in [4.69, 9.17) is 10.4 Å². The maximum absolute atomic E-state index is 11.4. The smallest absolute Gasteiger partial charge is 0.356 e. The van der Waals surface area contributed by atoms with E-state index in [0.717, 1.165) is 4.47 Å². The fourth-order valence-electron chi connectivity index (χ4n) is 1.61. The van der Waals surface area contributed by atoms with Crippen molar-refractivity contribution in [1.29, 1.82) is 5.26 Å². The fourth-order valence-corrected chi connectivity index (χ4v) is 1.88. The summed E-state index contributed by atoms with van der Waals surface area (Å²) in [5.41, 5.74) is 0.431. The van der Waals surface area contributed by atoms with Crippen molar-refractivity contribution in [2.75, 3.05) is 5.32 Å². The van der Waals surface area contributed by atoms with Gasteiger partial charge in [-0.1, -0.05) is 28.1 Å².